The summed E-state index contributed by atoms with van der Waals surface area (Å²) >= 11 is 0. The third kappa shape index (κ3) is 2.13. The molecule has 84 valence electrons. The zero-order valence-electron chi connectivity index (χ0n) is 8.69. The van der Waals surface area contributed by atoms with Gasteiger partial charge in [-0.15, -0.1) is 0 Å². The average molecular weight is 219 g/mol. The first-order chi connectivity index (χ1) is 7.66. The minimum Gasteiger partial charge on any atom is -0.397 e. The van der Waals surface area contributed by atoms with E-state index in [0.717, 1.165) is 0 Å². The van der Waals surface area contributed by atoms with Gasteiger partial charge in [0.1, 0.15) is 6.04 Å². The number of carbonyl (C=O) groups is 2. The fourth-order valence-electron chi connectivity index (χ4n) is 1.64. The van der Waals surface area contributed by atoms with E-state index in [0.29, 0.717) is 24.2 Å². The number of nitrogens with two attached hydrogens (primary N) is 1. The number of nitrogens with one attached hydrogen (secondary N) is 2. The predicted molar refractivity (Wildman–Crippen MR) is 60.6 cm³/mol. The van der Waals surface area contributed by atoms with Crippen molar-refractivity contribution in [1.82, 2.24) is 5.32 Å². The van der Waals surface area contributed by atoms with Crippen LogP contribution in [0.1, 0.15) is 12.8 Å². The summed E-state index contributed by atoms with van der Waals surface area (Å²) in [4.78, 5) is 22.7. The maximum atomic E-state index is 11.7. The molecule has 1 saturated heterocycles. The minimum atomic E-state index is -0.438. The Morgan fingerprint density at radius 3 is 2.81 bits per heavy atom. The third-order valence-electron chi connectivity index (χ3n) is 2.53. The van der Waals surface area contributed by atoms with Crippen LogP contribution in [0.3, 0.4) is 0 Å². The molecule has 0 aromatic heterocycles. The standard InChI is InChI=1S/C11H13N3O2/c12-7-3-1-2-4-8(7)14-11(16)9-5-6-10(15)13-9/h1-4,9H,5-6,12H2,(H,13,15)(H,14,16)/t9-/m1/s1. The lowest BCUT2D eigenvalue weighted by Gasteiger charge is -2.12. The van der Waals surface area contributed by atoms with Gasteiger partial charge < -0.3 is 16.4 Å². The van der Waals surface area contributed by atoms with Gasteiger partial charge in [0.25, 0.3) is 0 Å². The van der Waals surface area contributed by atoms with Gasteiger partial charge >= 0.3 is 0 Å². The zero-order valence-corrected chi connectivity index (χ0v) is 8.69. The molecule has 0 unspecified atom stereocenters. The highest BCUT2D eigenvalue weighted by Crippen LogP contribution is 2.18. The Hall–Kier alpha value is -2.04. The molecule has 0 aliphatic carbocycles. The smallest absolute Gasteiger partial charge is 0.247 e. The van der Waals surface area contributed by atoms with Gasteiger partial charge in [-0.25, -0.2) is 0 Å². The molecular weight excluding hydrogens is 206 g/mol. The normalized spacial score (nSPS) is 19.2. The van der Waals surface area contributed by atoms with Crippen molar-refractivity contribution >= 4 is 23.2 Å². The highest BCUT2D eigenvalue weighted by molar-refractivity contribution is 6.00. The number of carbonyl (C=O) groups excluding carboxylic acids is 2. The number of nitrogen functional groups attached to an aromatic ring is 1. The van der Waals surface area contributed by atoms with Gasteiger partial charge in [-0.3, -0.25) is 9.59 Å². The molecule has 5 heteroatoms. The maximum Gasteiger partial charge on any atom is 0.247 e. The van der Waals surface area contributed by atoms with Crippen molar-refractivity contribution in [1.29, 1.82) is 0 Å². The summed E-state index contributed by atoms with van der Waals surface area (Å²) in [6, 6.07) is 6.58. The van der Waals surface area contributed by atoms with Gasteiger partial charge in [0.15, 0.2) is 0 Å². The van der Waals surface area contributed by atoms with Crippen LogP contribution < -0.4 is 16.4 Å². The van der Waals surface area contributed by atoms with Crippen LogP contribution >= 0.6 is 0 Å². The van der Waals surface area contributed by atoms with E-state index >= 15 is 0 Å². The van der Waals surface area contributed by atoms with Gasteiger partial charge in [0.05, 0.1) is 11.4 Å². The van der Waals surface area contributed by atoms with Crippen LogP contribution in [0.25, 0.3) is 0 Å². The highest BCUT2D eigenvalue weighted by Gasteiger charge is 2.27. The second-order valence-corrected chi connectivity index (χ2v) is 3.74. The second-order valence-electron chi connectivity index (χ2n) is 3.74. The predicted octanol–water partition coefficient (Wildman–Crippen LogP) is 0.486. The van der Waals surface area contributed by atoms with Crippen molar-refractivity contribution < 1.29 is 9.59 Å². The first-order valence-corrected chi connectivity index (χ1v) is 5.11. The Kier molecular flexibility index (Phi) is 2.76. The number of rotatable bonds is 2. The first kappa shape index (κ1) is 10.5. The average Bonchev–Trinajstić information content (AvgIpc) is 2.68. The summed E-state index contributed by atoms with van der Waals surface area (Å²) in [6.07, 6.45) is 0.944. The van der Waals surface area contributed by atoms with Crippen molar-refractivity contribution in [2.75, 3.05) is 11.1 Å². The molecule has 1 aromatic rings. The molecule has 0 radical (unpaired) electrons. The van der Waals surface area contributed by atoms with E-state index in [1.165, 1.54) is 0 Å². The number of hydrogen-bond acceptors (Lipinski definition) is 3. The minimum absolute atomic E-state index is 0.0822. The largest absolute Gasteiger partial charge is 0.397 e. The highest BCUT2D eigenvalue weighted by atomic mass is 16.2. The molecule has 0 spiro atoms. The molecule has 5 nitrogen and oxygen atoms in total. The lowest BCUT2D eigenvalue weighted by atomic mass is 10.2. The molecule has 1 aliphatic heterocycles. The van der Waals surface area contributed by atoms with E-state index < -0.39 is 6.04 Å². The van der Waals surface area contributed by atoms with Crippen molar-refractivity contribution in [3.63, 3.8) is 0 Å². The number of anilines is 2. The van der Waals surface area contributed by atoms with Crippen LogP contribution in [0.15, 0.2) is 24.3 Å². The maximum absolute atomic E-state index is 11.7. The number of para-hydroxylation sites is 2. The van der Waals surface area contributed by atoms with Gasteiger partial charge in [-0.2, -0.15) is 0 Å². The molecular formula is C11H13N3O2. The van der Waals surface area contributed by atoms with Gasteiger partial charge in [-0.05, 0) is 18.6 Å². The van der Waals surface area contributed by atoms with Crippen LogP contribution in [-0.2, 0) is 9.59 Å². The Labute approximate surface area is 93.0 Å². The Morgan fingerprint density at radius 2 is 2.19 bits per heavy atom. The summed E-state index contributed by atoms with van der Waals surface area (Å²) in [5.41, 5.74) is 6.78. The van der Waals surface area contributed by atoms with Crippen LogP contribution in [0.4, 0.5) is 11.4 Å². The molecule has 1 fully saturated rings. The molecule has 1 atom stereocenters. The van der Waals surface area contributed by atoms with Crippen LogP contribution in [0, 0.1) is 0 Å². The summed E-state index contributed by atoms with van der Waals surface area (Å²) in [5, 5.41) is 5.30. The SMILES string of the molecule is Nc1ccccc1NC(=O)[C@H]1CCC(=O)N1. The second kappa shape index (κ2) is 4.22. The van der Waals surface area contributed by atoms with Gasteiger partial charge in [-0.1, -0.05) is 12.1 Å². The molecule has 2 rings (SSSR count). The monoisotopic (exact) mass is 219 g/mol. The quantitative estimate of drug-likeness (QED) is 0.633. The number of benzene rings is 1. The van der Waals surface area contributed by atoms with E-state index in [4.69, 9.17) is 5.73 Å². The molecule has 16 heavy (non-hydrogen) atoms. The zero-order chi connectivity index (χ0) is 11.5. The molecule has 0 saturated carbocycles. The van der Waals surface area contributed by atoms with E-state index in [2.05, 4.69) is 10.6 Å². The van der Waals surface area contributed by atoms with E-state index in [1.54, 1.807) is 24.3 Å². The van der Waals surface area contributed by atoms with Crippen LogP contribution in [-0.4, -0.2) is 17.9 Å². The Morgan fingerprint density at radius 1 is 1.44 bits per heavy atom. The van der Waals surface area contributed by atoms with Crippen molar-refractivity contribution in [2.45, 2.75) is 18.9 Å². The molecule has 4 N–H and O–H groups in total. The lowest BCUT2D eigenvalue weighted by molar-refractivity contribution is -0.122. The van der Waals surface area contributed by atoms with Crippen LogP contribution in [0.5, 0.6) is 0 Å². The molecule has 1 heterocycles. The molecule has 2 amide bonds. The van der Waals surface area contributed by atoms with Gasteiger partial charge in [0, 0.05) is 6.42 Å². The Balaban J connectivity index is 2.03. The summed E-state index contributed by atoms with van der Waals surface area (Å²) in [7, 11) is 0. The van der Waals surface area contributed by atoms with Crippen molar-refractivity contribution in [3.8, 4) is 0 Å². The molecule has 1 aliphatic rings. The first-order valence-electron chi connectivity index (χ1n) is 5.11. The van der Waals surface area contributed by atoms with Crippen molar-refractivity contribution in [2.24, 2.45) is 0 Å². The van der Waals surface area contributed by atoms with E-state index in [9.17, 15) is 9.59 Å². The summed E-state index contributed by atoms with van der Waals surface area (Å²) in [5.74, 6) is -0.301. The van der Waals surface area contributed by atoms with E-state index in [-0.39, 0.29) is 11.8 Å². The van der Waals surface area contributed by atoms with Gasteiger partial charge in [0.2, 0.25) is 11.8 Å². The van der Waals surface area contributed by atoms with Crippen molar-refractivity contribution in [3.05, 3.63) is 24.3 Å². The van der Waals surface area contributed by atoms with Crippen LogP contribution in [0.2, 0.25) is 0 Å². The fraction of sp³-hybridized carbons (Fsp3) is 0.273. The molecule has 0 bridgehead atoms. The van der Waals surface area contributed by atoms with E-state index in [1.807, 2.05) is 0 Å². The topological polar surface area (TPSA) is 84.2 Å². The third-order valence-corrected chi connectivity index (χ3v) is 2.53. The lowest BCUT2D eigenvalue weighted by Crippen LogP contribution is -2.37. The molecule has 1 aromatic carbocycles. The summed E-state index contributed by atoms with van der Waals surface area (Å²) in [6.45, 7) is 0. The fourth-order valence-corrected chi connectivity index (χ4v) is 1.64. The number of amides is 2. The number of hydrogen-bond donors (Lipinski definition) is 3. The Bertz CT molecular complexity index is 431. The summed E-state index contributed by atoms with van der Waals surface area (Å²) < 4.78 is 0.